The summed E-state index contributed by atoms with van der Waals surface area (Å²) < 4.78 is 5.24. The normalized spacial score (nSPS) is 12.8. The molecule has 1 amide bonds. The monoisotopic (exact) mass is 443 g/mol. The van der Waals surface area contributed by atoms with Crippen molar-refractivity contribution in [1.82, 2.24) is 4.98 Å². The van der Waals surface area contributed by atoms with Gasteiger partial charge in [0.15, 0.2) is 0 Å². The second-order valence-corrected chi connectivity index (χ2v) is 9.28. The van der Waals surface area contributed by atoms with Crippen LogP contribution in [0, 0.1) is 32.1 Å². The minimum atomic E-state index is -0.377. The number of hydrogen-bond donors (Lipinski definition) is 1. The van der Waals surface area contributed by atoms with Crippen LogP contribution in [0.15, 0.2) is 5.03 Å². The Bertz CT molecular complexity index is 1040. The van der Waals surface area contributed by atoms with Crippen molar-refractivity contribution in [3.05, 3.63) is 38.4 Å². The molecule has 158 valence electrons. The van der Waals surface area contributed by atoms with Crippen molar-refractivity contribution in [2.75, 3.05) is 17.7 Å². The number of fused-ring (bicyclic) bond motifs is 1. The number of anilines is 1. The predicted octanol–water partition coefficient (Wildman–Crippen LogP) is 4.73. The van der Waals surface area contributed by atoms with E-state index in [0.29, 0.717) is 27.8 Å². The molecule has 3 rings (SSSR count). The number of esters is 1. The maximum Gasteiger partial charge on any atom is 0.341 e. The molecule has 1 N–H and O–H groups in total. The molecule has 1 aliphatic rings. The molecule has 1 aliphatic carbocycles. The van der Waals surface area contributed by atoms with Gasteiger partial charge in [0.2, 0.25) is 5.91 Å². The lowest BCUT2D eigenvalue weighted by molar-refractivity contribution is -0.113. The van der Waals surface area contributed by atoms with Gasteiger partial charge in [0.05, 0.1) is 23.5 Å². The van der Waals surface area contributed by atoms with Crippen molar-refractivity contribution in [1.29, 1.82) is 5.26 Å². The van der Waals surface area contributed by atoms with Gasteiger partial charge in [0.25, 0.3) is 0 Å². The number of thioether (sulfide) groups is 1. The van der Waals surface area contributed by atoms with Gasteiger partial charge >= 0.3 is 5.97 Å². The summed E-state index contributed by atoms with van der Waals surface area (Å²) in [5, 5.41) is 13.5. The smallest absolute Gasteiger partial charge is 0.341 e. The molecule has 8 heteroatoms. The van der Waals surface area contributed by atoms with Gasteiger partial charge in [-0.2, -0.15) is 5.26 Å². The Kier molecular flexibility index (Phi) is 7.16. The Balaban J connectivity index is 1.79. The molecule has 0 unspecified atom stereocenters. The molecule has 0 fully saturated rings. The first kappa shape index (κ1) is 22.3. The fraction of sp³-hybridized carbons (Fsp3) is 0.455. The van der Waals surface area contributed by atoms with Crippen molar-refractivity contribution in [3.8, 4) is 6.07 Å². The van der Waals surface area contributed by atoms with Crippen LogP contribution in [0.3, 0.4) is 0 Å². The van der Waals surface area contributed by atoms with Gasteiger partial charge in [-0.25, -0.2) is 9.78 Å². The number of thiophene rings is 1. The Morgan fingerprint density at radius 3 is 2.67 bits per heavy atom. The zero-order valence-electron chi connectivity index (χ0n) is 17.7. The summed E-state index contributed by atoms with van der Waals surface area (Å²) in [5.41, 5.74) is 4.77. The van der Waals surface area contributed by atoms with Gasteiger partial charge in [-0.1, -0.05) is 11.8 Å². The van der Waals surface area contributed by atoms with Crippen LogP contribution in [0.2, 0.25) is 0 Å². The second-order valence-electron chi connectivity index (χ2n) is 7.21. The van der Waals surface area contributed by atoms with Crippen LogP contribution in [-0.2, 0) is 22.4 Å². The van der Waals surface area contributed by atoms with Crippen LogP contribution in [0.5, 0.6) is 0 Å². The summed E-state index contributed by atoms with van der Waals surface area (Å²) in [7, 11) is 0. The molecule has 30 heavy (non-hydrogen) atoms. The number of amides is 1. The zero-order valence-corrected chi connectivity index (χ0v) is 19.3. The highest BCUT2D eigenvalue weighted by Gasteiger charge is 2.27. The molecule has 0 aromatic carbocycles. The number of rotatable bonds is 6. The van der Waals surface area contributed by atoms with Gasteiger partial charge < -0.3 is 10.1 Å². The van der Waals surface area contributed by atoms with Gasteiger partial charge in [0, 0.05) is 10.6 Å². The molecule has 0 saturated carbocycles. The summed E-state index contributed by atoms with van der Waals surface area (Å²) in [6, 6.07) is 2.20. The van der Waals surface area contributed by atoms with Crippen molar-refractivity contribution in [2.45, 2.75) is 58.4 Å². The van der Waals surface area contributed by atoms with E-state index in [0.717, 1.165) is 52.9 Å². The first-order valence-electron chi connectivity index (χ1n) is 9.99. The van der Waals surface area contributed by atoms with Crippen LogP contribution in [-0.4, -0.2) is 29.2 Å². The van der Waals surface area contributed by atoms with Crippen molar-refractivity contribution in [2.24, 2.45) is 0 Å². The predicted molar refractivity (Wildman–Crippen MR) is 119 cm³/mol. The van der Waals surface area contributed by atoms with Crippen LogP contribution < -0.4 is 5.32 Å². The van der Waals surface area contributed by atoms with Crippen molar-refractivity contribution in [3.63, 3.8) is 0 Å². The minimum Gasteiger partial charge on any atom is -0.462 e. The van der Waals surface area contributed by atoms with E-state index < -0.39 is 0 Å². The summed E-state index contributed by atoms with van der Waals surface area (Å²) in [4.78, 5) is 30.9. The topological polar surface area (TPSA) is 92.1 Å². The Hall–Kier alpha value is -2.37. The van der Waals surface area contributed by atoms with E-state index in [1.165, 1.54) is 23.1 Å². The molecule has 0 spiro atoms. The molecule has 2 aromatic rings. The average molecular weight is 444 g/mol. The van der Waals surface area contributed by atoms with Crippen molar-refractivity contribution >= 4 is 40.0 Å². The number of pyridine rings is 1. The van der Waals surface area contributed by atoms with Crippen LogP contribution >= 0.6 is 23.1 Å². The third-order valence-electron chi connectivity index (χ3n) is 5.32. The van der Waals surface area contributed by atoms with E-state index >= 15 is 0 Å². The quantitative estimate of drug-likeness (QED) is 0.513. The highest BCUT2D eigenvalue weighted by atomic mass is 32.2. The van der Waals surface area contributed by atoms with Crippen molar-refractivity contribution < 1.29 is 14.3 Å². The Labute approximate surface area is 185 Å². The molecule has 2 aromatic heterocycles. The highest BCUT2D eigenvalue weighted by molar-refractivity contribution is 8.00. The van der Waals surface area contributed by atoms with Crippen LogP contribution in [0.1, 0.15) is 62.9 Å². The van der Waals surface area contributed by atoms with E-state index in [-0.39, 0.29) is 17.6 Å². The molecule has 0 saturated heterocycles. The number of hydrogen-bond acceptors (Lipinski definition) is 7. The summed E-state index contributed by atoms with van der Waals surface area (Å²) in [5.74, 6) is -0.502. The minimum absolute atomic E-state index is 0.106. The lowest BCUT2D eigenvalue weighted by Gasteiger charge is -2.12. The van der Waals surface area contributed by atoms with Gasteiger partial charge in [0.1, 0.15) is 16.1 Å². The number of aromatic nitrogens is 1. The number of ether oxygens (including phenoxy) is 1. The fourth-order valence-electron chi connectivity index (χ4n) is 3.52. The first-order valence-corrected chi connectivity index (χ1v) is 11.8. The summed E-state index contributed by atoms with van der Waals surface area (Å²) in [6.45, 7) is 7.80. The third-order valence-corrected chi connectivity index (χ3v) is 7.50. The lowest BCUT2D eigenvalue weighted by Crippen LogP contribution is -2.17. The second kappa shape index (κ2) is 9.63. The highest BCUT2D eigenvalue weighted by Crippen LogP contribution is 2.38. The van der Waals surface area contributed by atoms with E-state index in [1.54, 1.807) is 6.92 Å². The largest absolute Gasteiger partial charge is 0.462 e. The number of carbonyl (C=O) groups is 2. The summed E-state index contributed by atoms with van der Waals surface area (Å²) >= 11 is 2.71. The Morgan fingerprint density at radius 2 is 1.97 bits per heavy atom. The molecular formula is C22H25N3O3S2. The molecule has 0 atom stereocenters. The number of nitriles is 1. The summed E-state index contributed by atoms with van der Waals surface area (Å²) in [6.07, 6.45) is 3.89. The molecule has 0 bridgehead atoms. The van der Waals surface area contributed by atoms with Crippen LogP contribution in [0.4, 0.5) is 5.00 Å². The molecule has 0 radical (unpaired) electrons. The number of carbonyl (C=O) groups excluding carboxylic acids is 2. The SMILES string of the molecule is CCOC(=O)c1c(NC(=O)CSc2nc(C)c(C)c(C)c2C#N)sc2c1CCCC2. The van der Waals surface area contributed by atoms with E-state index in [4.69, 9.17) is 4.74 Å². The zero-order chi connectivity index (χ0) is 21.8. The fourth-order valence-corrected chi connectivity index (χ4v) is 5.70. The third kappa shape index (κ3) is 4.52. The van der Waals surface area contributed by atoms with Gasteiger partial charge in [-0.05, 0) is 70.1 Å². The Morgan fingerprint density at radius 1 is 1.23 bits per heavy atom. The standard InChI is InChI=1S/C22H25N3O3S2/c1-5-28-22(27)19-15-8-6-7-9-17(15)30-21(19)25-18(26)11-29-20-16(10-23)13(3)12(2)14(4)24-20/h5-9,11H2,1-4H3,(H,25,26). The maximum atomic E-state index is 12.7. The number of nitrogens with zero attached hydrogens (tertiary/aromatic N) is 2. The number of aryl methyl sites for hydroxylation is 2. The van der Waals surface area contributed by atoms with E-state index in [9.17, 15) is 14.9 Å². The average Bonchev–Trinajstić information content (AvgIpc) is 3.08. The molecular weight excluding hydrogens is 418 g/mol. The number of nitrogens with one attached hydrogen (secondary N) is 1. The van der Waals surface area contributed by atoms with E-state index in [2.05, 4.69) is 16.4 Å². The van der Waals surface area contributed by atoms with Crippen LogP contribution in [0.25, 0.3) is 0 Å². The van der Waals surface area contributed by atoms with Gasteiger partial charge in [-0.15, -0.1) is 11.3 Å². The molecule has 2 heterocycles. The first-order chi connectivity index (χ1) is 14.4. The maximum absolute atomic E-state index is 12.7. The molecule has 0 aliphatic heterocycles. The van der Waals surface area contributed by atoms with Gasteiger partial charge in [-0.3, -0.25) is 4.79 Å². The molecule has 6 nitrogen and oxygen atoms in total. The lowest BCUT2D eigenvalue weighted by atomic mass is 9.95. The van der Waals surface area contributed by atoms with E-state index in [1.807, 2.05) is 20.8 Å².